The Morgan fingerprint density at radius 1 is 0.846 bits per heavy atom. The molecule has 0 amide bonds. The average molecular weight is 344 g/mol. The lowest BCUT2D eigenvalue weighted by atomic mass is 9.86. The minimum Gasteiger partial charge on any atom is -0.497 e. The van der Waals surface area contributed by atoms with Gasteiger partial charge in [-0.2, -0.15) is 0 Å². The first-order chi connectivity index (χ1) is 12.8. The van der Waals surface area contributed by atoms with Crippen molar-refractivity contribution < 1.29 is 9.84 Å². The molecular formula is C24H24O2. The van der Waals surface area contributed by atoms with Crippen molar-refractivity contribution in [1.29, 1.82) is 0 Å². The van der Waals surface area contributed by atoms with Crippen molar-refractivity contribution in [3.05, 3.63) is 108 Å². The van der Waals surface area contributed by atoms with Crippen LogP contribution in [0.25, 0.3) is 6.08 Å². The zero-order valence-corrected chi connectivity index (χ0v) is 15.0. The summed E-state index contributed by atoms with van der Waals surface area (Å²) in [5, 5.41) is 11.1. The second kappa shape index (κ2) is 9.02. The fourth-order valence-electron chi connectivity index (χ4n) is 3.12. The van der Waals surface area contributed by atoms with Crippen LogP contribution < -0.4 is 4.74 Å². The summed E-state index contributed by atoms with van der Waals surface area (Å²) in [6.07, 6.45) is 4.38. The Morgan fingerprint density at radius 3 is 2.19 bits per heavy atom. The molecule has 2 heteroatoms. The summed E-state index contributed by atoms with van der Waals surface area (Å²) in [6, 6.07) is 28.1. The molecule has 0 radical (unpaired) electrons. The van der Waals surface area contributed by atoms with Crippen LogP contribution in [-0.4, -0.2) is 12.2 Å². The van der Waals surface area contributed by atoms with Crippen LogP contribution in [0.5, 0.6) is 5.75 Å². The molecule has 3 rings (SSSR count). The van der Waals surface area contributed by atoms with E-state index in [1.54, 1.807) is 7.11 Å². The van der Waals surface area contributed by atoms with Gasteiger partial charge < -0.3 is 9.84 Å². The lowest BCUT2D eigenvalue weighted by molar-refractivity contribution is 0.145. The van der Waals surface area contributed by atoms with Crippen molar-refractivity contribution in [2.75, 3.05) is 7.11 Å². The fraction of sp³-hybridized carbons (Fsp3) is 0.167. The highest BCUT2D eigenvalue weighted by Gasteiger charge is 2.22. The van der Waals surface area contributed by atoms with Gasteiger partial charge in [-0.25, -0.2) is 0 Å². The minimum atomic E-state index is -0.604. The maximum Gasteiger partial charge on any atom is 0.119 e. The maximum atomic E-state index is 11.1. The van der Waals surface area contributed by atoms with Crippen LogP contribution >= 0.6 is 0 Å². The summed E-state index contributed by atoms with van der Waals surface area (Å²) in [4.78, 5) is 0. The number of aliphatic hydroxyl groups excluding tert-OH is 1. The number of methoxy groups -OCH3 is 1. The number of ether oxygens (including phenoxy) is 1. The summed E-state index contributed by atoms with van der Waals surface area (Å²) in [6.45, 7) is 0. The lowest BCUT2D eigenvalue weighted by Gasteiger charge is -2.23. The van der Waals surface area contributed by atoms with E-state index in [-0.39, 0.29) is 5.92 Å². The lowest BCUT2D eigenvalue weighted by Crippen LogP contribution is -2.10. The predicted molar refractivity (Wildman–Crippen MR) is 107 cm³/mol. The van der Waals surface area contributed by atoms with Crippen molar-refractivity contribution in [3.63, 3.8) is 0 Å². The third-order valence-corrected chi connectivity index (χ3v) is 4.54. The molecule has 2 atom stereocenters. The van der Waals surface area contributed by atoms with Gasteiger partial charge in [0.15, 0.2) is 0 Å². The van der Waals surface area contributed by atoms with E-state index in [0.29, 0.717) is 0 Å². The van der Waals surface area contributed by atoms with E-state index in [9.17, 15) is 5.11 Å². The van der Waals surface area contributed by atoms with Gasteiger partial charge >= 0.3 is 0 Å². The largest absolute Gasteiger partial charge is 0.497 e. The van der Waals surface area contributed by atoms with Crippen LogP contribution in [0.2, 0.25) is 0 Å². The number of allylic oxidation sites excluding steroid dienone is 1. The van der Waals surface area contributed by atoms with Gasteiger partial charge in [0.1, 0.15) is 5.75 Å². The monoisotopic (exact) mass is 344 g/mol. The Hall–Kier alpha value is -2.84. The van der Waals surface area contributed by atoms with E-state index in [1.165, 1.54) is 0 Å². The molecule has 3 aromatic rings. The molecule has 26 heavy (non-hydrogen) atoms. The van der Waals surface area contributed by atoms with Crippen LogP contribution in [0, 0.1) is 0 Å². The van der Waals surface area contributed by atoms with E-state index >= 15 is 0 Å². The van der Waals surface area contributed by atoms with Gasteiger partial charge in [-0.05, 0) is 35.2 Å². The van der Waals surface area contributed by atoms with Gasteiger partial charge in [0.25, 0.3) is 0 Å². The van der Waals surface area contributed by atoms with Gasteiger partial charge in [-0.15, -0.1) is 0 Å². The molecule has 0 saturated carbocycles. The highest BCUT2D eigenvalue weighted by Crippen LogP contribution is 2.35. The quantitative estimate of drug-likeness (QED) is 0.603. The molecule has 0 aliphatic rings. The Morgan fingerprint density at radius 2 is 1.50 bits per heavy atom. The SMILES string of the molecule is COc1cccc([C@H](O)[C@@H](C/C=C/c2ccccc2)c2ccccc2)c1. The Kier molecular flexibility index (Phi) is 6.24. The van der Waals surface area contributed by atoms with Crippen molar-refractivity contribution in [1.82, 2.24) is 0 Å². The molecule has 0 spiro atoms. The topological polar surface area (TPSA) is 29.5 Å². The van der Waals surface area contributed by atoms with Crippen molar-refractivity contribution in [2.24, 2.45) is 0 Å². The first-order valence-electron chi connectivity index (χ1n) is 8.86. The van der Waals surface area contributed by atoms with Crippen LogP contribution in [0.1, 0.15) is 35.1 Å². The molecule has 0 aromatic heterocycles. The molecule has 3 aromatic carbocycles. The summed E-state index contributed by atoms with van der Waals surface area (Å²) < 4.78 is 5.30. The van der Waals surface area contributed by atoms with Gasteiger partial charge in [-0.1, -0.05) is 84.9 Å². The van der Waals surface area contributed by atoms with E-state index < -0.39 is 6.10 Å². The normalized spacial score (nSPS) is 13.5. The summed E-state index contributed by atoms with van der Waals surface area (Å²) in [7, 11) is 1.64. The molecule has 0 aliphatic heterocycles. The fourth-order valence-corrected chi connectivity index (χ4v) is 3.12. The number of aliphatic hydroxyl groups is 1. The smallest absolute Gasteiger partial charge is 0.119 e. The first-order valence-corrected chi connectivity index (χ1v) is 8.86. The third kappa shape index (κ3) is 4.62. The van der Waals surface area contributed by atoms with Crippen LogP contribution in [0.3, 0.4) is 0 Å². The molecule has 0 bridgehead atoms. The number of benzene rings is 3. The number of hydrogen-bond donors (Lipinski definition) is 1. The van der Waals surface area contributed by atoms with Crippen molar-refractivity contribution in [3.8, 4) is 5.75 Å². The molecule has 0 aliphatic carbocycles. The Bertz CT molecular complexity index is 825. The molecule has 0 fully saturated rings. The van der Waals surface area contributed by atoms with Crippen LogP contribution in [0.15, 0.2) is 91.0 Å². The van der Waals surface area contributed by atoms with Gasteiger partial charge in [0.2, 0.25) is 0 Å². The zero-order valence-electron chi connectivity index (χ0n) is 15.0. The molecule has 132 valence electrons. The maximum absolute atomic E-state index is 11.1. The van der Waals surface area contributed by atoms with Crippen LogP contribution in [-0.2, 0) is 0 Å². The summed E-state index contributed by atoms with van der Waals surface area (Å²) in [5.74, 6) is 0.733. The Balaban J connectivity index is 1.84. The van der Waals surface area contributed by atoms with E-state index in [2.05, 4.69) is 36.4 Å². The van der Waals surface area contributed by atoms with Gasteiger partial charge in [0.05, 0.1) is 13.2 Å². The van der Waals surface area contributed by atoms with Gasteiger partial charge in [-0.3, -0.25) is 0 Å². The van der Waals surface area contributed by atoms with Crippen molar-refractivity contribution >= 4 is 6.08 Å². The van der Waals surface area contributed by atoms with Gasteiger partial charge in [0, 0.05) is 5.92 Å². The summed E-state index contributed by atoms with van der Waals surface area (Å²) in [5.41, 5.74) is 3.15. The second-order valence-electron chi connectivity index (χ2n) is 6.29. The van der Waals surface area contributed by atoms with E-state index in [0.717, 1.165) is 28.9 Å². The predicted octanol–water partition coefficient (Wildman–Crippen LogP) is 5.62. The number of rotatable bonds is 7. The summed E-state index contributed by atoms with van der Waals surface area (Å²) >= 11 is 0. The van der Waals surface area contributed by atoms with E-state index in [1.807, 2.05) is 60.7 Å². The highest BCUT2D eigenvalue weighted by atomic mass is 16.5. The standard InChI is InChI=1S/C24H24O2/c1-26-22-16-9-15-21(18-22)24(25)23(20-13-6-3-7-14-20)17-8-12-19-10-4-2-5-11-19/h2-16,18,23-25H,17H2,1H3/b12-8+/t23-,24-/m0/s1. The molecule has 1 N–H and O–H groups in total. The second-order valence-corrected chi connectivity index (χ2v) is 6.29. The Labute approximate surface area is 155 Å². The minimum absolute atomic E-state index is 0.0248. The van der Waals surface area contributed by atoms with Crippen molar-refractivity contribution in [2.45, 2.75) is 18.4 Å². The average Bonchev–Trinajstić information content (AvgIpc) is 2.72. The van der Waals surface area contributed by atoms with E-state index in [4.69, 9.17) is 4.74 Å². The molecule has 2 nitrogen and oxygen atoms in total. The molecular weight excluding hydrogens is 320 g/mol. The molecule has 0 heterocycles. The van der Waals surface area contributed by atoms with Crippen LogP contribution in [0.4, 0.5) is 0 Å². The highest BCUT2D eigenvalue weighted by molar-refractivity contribution is 5.49. The molecule has 0 unspecified atom stereocenters. The zero-order chi connectivity index (χ0) is 18.2. The molecule has 0 saturated heterocycles. The first kappa shape index (κ1) is 18.0. The number of hydrogen-bond acceptors (Lipinski definition) is 2. The third-order valence-electron chi connectivity index (χ3n) is 4.54.